The van der Waals surface area contributed by atoms with Crippen molar-refractivity contribution in [2.75, 3.05) is 7.11 Å². The molecule has 9 heteroatoms. The number of carbonyl (C=O) groups is 3. The molecule has 1 fully saturated rings. The summed E-state index contributed by atoms with van der Waals surface area (Å²) in [5.41, 5.74) is 2.65. The molecule has 3 amide bonds. The van der Waals surface area contributed by atoms with E-state index in [1.165, 1.54) is 25.3 Å². The number of hydrogen-bond acceptors (Lipinski definition) is 5. The molecule has 0 aliphatic carbocycles. The summed E-state index contributed by atoms with van der Waals surface area (Å²) in [7, 11) is 1.22. The van der Waals surface area contributed by atoms with Crippen LogP contribution in [0.15, 0.2) is 52.6 Å². The number of halogens is 1. The van der Waals surface area contributed by atoms with E-state index >= 15 is 0 Å². The highest BCUT2D eigenvalue weighted by Gasteiger charge is 2.34. The Hall–Kier alpha value is -4.14. The summed E-state index contributed by atoms with van der Waals surface area (Å²) in [6.07, 6.45) is 1.56. The predicted octanol–water partition coefficient (Wildman–Crippen LogP) is 3.71. The Labute approximate surface area is 182 Å². The van der Waals surface area contributed by atoms with Crippen molar-refractivity contribution in [2.24, 2.45) is 0 Å². The zero-order valence-electron chi connectivity index (χ0n) is 17.6. The fourth-order valence-electron chi connectivity index (χ4n) is 3.64. The molecule has 0 atom stereocenters. The summed E-state index contributed by atoms with van der Waals surface area (Å²) in [6.45, 7) is 3.49. The van der Waals surface area contributed by atoms with Gasteiger partial charge in [-0.25, -0.2) is 14.0 Å². The first-order chi connectivity index (χ1) is 15.3. The second kappa shape index (κ2) is 8.18. The van der Waals surface area contributed by atoms with E-state index in [0.717, 1.165) is 10.6 Å². The molecule has 0 unspecified atom stereocenters. The highest BCUT2D eigenvalue weighted by Crippen LogP contribution is 2.26. The maximum atomic E-state index is 14.3. The van der Waals surface area contributed by atoms with Crippen LogP contribution in [0.1, 0.15) is 33.3 Å². The lowest BCUT2D eigenvalue weighted by atomic mass is 10.2. The Kier molecular flexibility index (Phi) is 5.40. The normalized spacial score (nSPS) is 14.9. The molecule has 3 aromatic rings. The van der Waals surface area contributed by atoms with Crippen molar-refractivity contribution in [3.8, 4) is 5.69 Å². The number of hydrogen-bond donors (Lipinski definition) is 1. The van der Waals surface area contributed by atoms with E-state index in [1.54, 1.807) is 28.8 Å². The van der Waals surface area contributed by atoms with Crippen molar-refractivity contribution >= 4 is 24.0 Å². The van der Waals surface area contributed by atoms with Crippen molar-refractivity contribution in [1.82, 2.24) is 14.8 Å². The molecule has 0 bridgehead atoms. The highest BCUT2D eigenvalue weighted by molar-refractivity contribution is 6.13. The maximum Gasteiger partial charge on any atom is 0.373 e. The van der Waals surface area contributed by atoms with Gasteiger partial charge in [-0.2, -0.15) is 0 Å². The summed E-state index contributed by atoms with van der Waals surface area (Å²) < 4.78 is 26.0. The van der Waals surface area contributed by atoms with E-state index in [2.05, 4.69) is 10.1 Å². The van der Waals surface area contributed by atoms with Crippen LogP contribution in [0.4, 0.5) is 9.18 Å². The third-order valence-corrected chi connectivity index (χ3v) is 5.19. The number of aryl methyl sites for hydroxylation is 1. The molecule has 4 rings (SSSR count). The van der Waals surface area contributed by atoms with Gasteiger partial charge in [-0.3, -0.25) is 9.69 Å². The van der Waals surface area contributed by atoms with Crippen molar-refractivity contribution in [3.05, 3.63) is 82.5 Å². The van der Waals surface area contributed by atoms with E-state index in [0.29, 0.717) is 16.9 Å². The molecule has 1 saturated heterocycles. The van der Waals surface area contributed by atoms with E-state index in [-0.39, 0.29) is 29.6 Å². The van der Waals surface area contributed by atoms with Gasteiger partial charge in [-0.05, 0) is 55.8 Å². The number of imide groups is 1. The molecule has 2 aromatic heterocycles. The van der Waals surface area contributed by atoms with Crippen LogP contribution in [0.3, 0.4) is 0 Å². The minimum atomic E-state index is -0.653. The van der Waals surface area contributed by atoms with Gasteiger partial charge in [-0.1, -0.05) is 12.1 Å². The molecule has 32 heavy (non-hydrogen) atoms. The Morgan fingerprint density at radius 1 is 1.19 bits per heavy atom. The number of nitrogens with zero attached hydrogens (tertiary/aromatic N) is 2. The number of amides is 3. The van der Waals surface area contributed by atoms with E-state index < -0.39 is 17.9 Å². The molecule has 164 valence electrons. The molecule has 0 spiro atoms. The summed E-state index contributed by atoms with van der Waals surface area (Å²) in [6, 6.07) is 10.5. The monoisotopic (exact) mass is 437 g/mol. The molecule has 1 aliphatic heterocycles. The first kappa shape index (κ1) is 21.1. The molecule has 0 saturated carbocycles. The standard InChI is InChI=1S/C23H20FN3O5/c1-13-10-15(14(2)27(13)19-7-5-4-6-17(19)24)11-18-21(28)26(23(30)25-18)12-16-8-9-20(32-16)22(29)31-3/h4-11H,12H2,1-3H3,(H,25,30). The molecule has 1 aromatic carbocycles. The SMILES string of the molecule is COC(=O)c1ccc(CN2C(=O)NC(=Cc3cc(C)n(-c4ccccc4F)c3C)C2=O)o1. The average molecular weight is 437 g/mol. The number of benzene rings is 1. The van der Waals surface area contributed by atoms with E-state index in [9.17, 15) is 18.8 Å². The van der Waals surface area contributed by atoms with Crippen LogP contribution < -0.4 is 5.32 Å². The summed E-state index contributed by atoms with van der Waals surface area (Å²) >= 11 is 0. The summed E-state index contributed by atoms with van der Waals surface area (Å²) in [4.78, 5) is 37.7. The number of nitrogens with one attached hydrogen (secondary N) is 1. The number of carbonyl (C=O) groups excluding carboxylic acids is 3. The van der Waals surface area contributed by atoms with Crippen LogP contribution in [0.25, 0.3) is 11.8 Å². The fraction of sp³-hybridized carbons (Fsp3) is 0.174. The average Bonchev–Trinajstić information content (AvgIpc) is 3.42. The number of rotatable bonds is 5. The van der Waals surface area contributed by atoms with Crippen LogP contribution in [0.2, 0.25) is 0 Å². The lowest BCUT2D eigenvalue weighted by molar-refractivity contribution is -0.123. The number of para-hydroxylation sites is 1. The topological polar surface area (TPSA) is 93.8 Å². The molecular formula is C23H20FN3O5. The van der Waals surface area contributed by atoms with Gasteiger partial charge in [0.2, 0.25) is 5.76 Å². The van der Waals surface area contributed by atoms with Crippen molar-refractivity contribution < 1.29 is 27.9 Å². The van der Waals surface area contributed by atoms with E-state index in [1.807, 2.05) is 19.9 Å². The number of aromatic nitrogens is 1. The van der Waals surface area contributed by atoms with Gasteiger partial charge in [-0.15, -0.1) is 0 Å². The maximum absolute atomic E-state index is 14.3. The van der Waals surface area contributed by atoms with Crippen molar-refractivity contribution in [2.45, 2.75) is 20.4 Å². The van der Waals surface area contributed by atoms with Crippen LogP contribution in [0.5, 0.6) is 0 Å². The molecule has 1 aliphatic rings. The van der Waals surface area contributed by atoms with E-state index in [4.69, 9.17) is 4.42 Å². The Bertz CT molecular complexity index is 1270. The minimum absolute atomic E-state index is 0.0223. The predicted molar refractivity (Wildman–Crippen MR) is 112 cm³/mol. The lowest BCUT2D eigenvalue weighted by Crippen LogP contribution is -2.30. The van der Waals surface area contributed by atoms with Crippen LogP contribution in [-0.4, -0.2) is 34.5 Å². The molecule has 1 N–H and O–H groups in total. The second-order valence-electron chi connectivity index (χ2n) is 7.25. The van der Waals surface area contributed by atoms with Gasteiger partial charge in [0.25, 0.3) is 5.91 Å². The zero-order valence-corrected chi connectivity index (χ0v) is 17.6. The van der Waals surface area contributed by atoms with Gasteiger partial charge in [0.1, 0.15) is 17.3 Å². The first-order valence-electron chi connectivity index (χ1n) is 9.75. The summed E-state index contributed by atoms with van der Waals surface area (Å²) in [5, 5.41) is 2.55. The Balaban J connectivity index is 1.60. The van der Waals surface area contributed by atoms with Crippen LogP contribution in [-0.2, 0) is 16.1 Å². The van der Waals surface area contributed by atoms with Crippen LogP contribution in [0, 0.1) is 19.7 Å². The number of esters is 1. The Morgan fingerprint density at radius 2 is 1.94 bits per heavy atom. The third-order valence-electron chi connectivity index (χ3n) is 5.19. The third kappa shape index (κ3) is 3.68. The smallest absolute Gasteiger partial charge is 0.373 e. The lowest BCUT2D eigenvalue weighted by Gasteiger charge is -2.10. The quantitative estimate of drug-likeness (QED) is 0.373. The largest absolute Gasteiger partial charge is 0.463 e. The molecule has 8 nitrogen and oxygen atoms in total. The van der Waals surface area contributed by atoms with Crippen molar-refractivity contribution in [3.63, 3.8) is 0 Å². The van der Waals surface area contributed by atoms with Gasteiger partial charge in [0.15, 0.2) is 0 Å². The first-order valence-corrected chi connectivity index (χ1v) is 9.75. The van der Waals surface area contributed by atoms with Gasteiger partial charge in [0.05, 0.1) is 19.3 Å². The molecular weight excluding hydrogens is 417 g/mol. The Morgan fingerprint density at radius 3 is 2.66 bits per heavy atom. The number of methoxy groups -OCH3 is 1. The van der Waals surface area contributed by atoms with Crippen molar-refractivity contribution in [1.29, 1.82) is 0 Å². The van der Waals surface area contributed by atoms with Gasteiger partial charge < -0.3 is 19.0 Å². The van der Waals surface area contributed by atoms with Gasteiger partial charge >= 0.3 is 12.0 Å². The van der Waals surface area contributed by atoms with Gasteiger partial charge in [0, 0.05) is 11.4 Å². The second-order valence-corrected chi connectivity index (χ2v) is 7.25. The number of urea groups is 1. The summed E-state index contributed by atoms with van der Waals surface area (Å²) in [5.74, 6) is -1.32. The highest BCUT2D eigenvalue weighted by atomic mass is 19.1. The molecule has 0 radical (unpaired) electrons. The minimum Gasteiger partial charge on any atom is -0.463 e. The fourth-order valence-corrected chi connectivity index (χ4v) is 3.64. The number of ether oxygens (including phenoxy) is 1. The van der Waals surface area contributed by atoms with Crippen LogP contribution >= 0.6 is 0 Å². The zero-order chi connectivity index (χ0) is 23.0. The molecule has 3 heterocycles. The number of furan rings is 1.